The van der Waals surface area contributed by atoms with Crippen molar-refractivity contribution in [3.8, 4) is 11.5 Å². The molecule has 0 fully saturated rings. The van der Waals surface area contributed by atoms with Crippen LogP contribution in [0.3, 0.4) is 0 Å². The van der Waals surface area contributed by atoms with Crippen molar-refractivity contribution < 1.29 is 24.5 Å². The second kappa shape index (κ2) is 9.08. The summed E-state index contributed by atoms with van der Waals surface area (Å²) in [4.78, 5) is 25.1. The van der Waals surface area contributed by atoms with E-state index in [2.05, 4.69) is 5.32 Å². The first-order chi connectivity index (χ1) is 14.7. The summed E-state index contributed by atoms with van der Waals surface area (Å²) in [7, 11) is 0. The molecule has 31 heavy (non-hydrogen) atoms. The summed E-state index contributed by atoms with van der Waals surface area (Å²) >= 11 is 0. The number of benzene rings is 3. The van der Waals surface area contributed by atoms with Crippen LogP contribution in [0, 0.1) is 0 Å². The van der Waals surface area contributed by atoms with Crippen molar-refractivity contribution in [3.05, 3.63) is 65.2 Å². The van der Waals surface area contributed by atoms with E-state index in [0.29, 0.717) is 10.8 Å². The van der Waals surface area contributed by atoms with E-state index in [-0.39, 0.29) is 28.9 Å². The molecule has 0 saturated heterocycles. The van der Waals surface area contributed by atoms with Crippen molar-refractivity contribution in [1.82, 2.24) is 0 Å². The zero-order chi connectivity index (χ0) is 22.7. The number of nitrogens with one attached hydrogen (secondary N) is 1. The van der Waals surface area contributed by atoms with Crippen LogP contribution in [0.25, 0.3) is 10.8 Å². The van der Waals surface area contributed by atoms with Crippen LogP contribution in [0.4, 0.5) is 5.69 Å². The van der Waals surface area contributed by atoms with Crippen LogP contribution >= 0.6 is 0 Å². The first kappa shape index (κ1) is 22.2. The highest BCUT2D eigenvalue weighted by molar-refractivity contribution is 6.04. The number of fused-ring (bicyclic) bond motifs is 1. The number of carbonyl (C=O) groups excluding carboxylic acids is 2. The predicted molar refractivity (Wildman–Crippen MR) is 121 cm³/mol. The third-order valence-electron chi connectivity index (χ3n) is 5.19. The SMILES string of the molecule is CC(C)c1cccc(C(C)C)c1NC(=O)COC(=O)c1cc(O)c2ccccc2c1O. The number of hydrogen-bond donors (Lipinski definition) is 3. The maximum Gasteiger partial charge on any atom is 0.342 e. The van der Waals surface area contributed by atoms with Gasteiger partial charge in [0, 0.05) is 16.5 Å². The quantitative estimate of drug-likeness (QED) is 0.371. The molecule has 6 heteroatoms. The zero-order valence-electron chi connectivity index (χ0n) is 18.1. The van der Waals surface area contributed by atoms with Gasteiger partial charge in [0.2, 0.25) is 0 Å². The smallest absolute Gasteiger partial charge is 0.342 e. The summed E-state index contributed by atoms with van der Waals surface area (Å²) in [6, 6.07) is 13.7. The Bertz CT molecular complexity index is 1110. The number of carbonyl (C=O) groups is 2. The lowest BCUT2D eigenvalue weighted by Crippen LogP contribution is -2.22. The number of para-hydroxylation sites is 1. The highest BCUT2D eigenvalue weighted by Crippen LogP contribution is 2.36. The van der Waals surface area contributed by atoms with Gasteiger partial charge >= 0.3 is 5.97 Å². The molecule has 0 heterocycles. The number of aromatic hydroxyl groups is 2. The second-order valence-corrected chi connectivity index (χ2v) is 8.08. The van der Waals surface area contributed by atoms with Crippen molar-refractivity contribution in [3.63, 3.8) is 0 Å². The fraction of sp³-hybridized carbons (Fsp3) is 0.280. The van der Waals surface area contributed by atoms with Gasteiger partial charge < -0.3 is 20.3 Å². The third kappa shape index (κ3) is 4.63. The first-order valence-electron chi connectivity index (χ1n) is 10.2. The minimum atomic E-state index is -0.894. The van der Waals surface area contributed by atoms with Crippen molar-refractivity contribution in [2.24, 2.45) is 0 Å². The van der Waals surface area contributed by atoms with Gasteiger partial charge in [-0.1, -0.05) is 70.2 Å². The summed E-state index contributed by atoms with van der Waals surface area (Å²) in [5, 5.41) is 24.2. The van der Waals surface area contributed by atoms with Crippen molar-refractivity contribution in [2.75, 3.05) is 11.9 Å². The van der Waals surface area contributed by atoms with E-state index in [1.165, 1.54) is 0 Å². The minimum absolute atomic E-state index is 0.155. The van der Waals surface area contributed by atoms with Gasteiger partial charge in [0.05, 0.1) is 0 Å². The van der Waals surface area contributed by atoms with Gasteiger partial charge in [-0.25, -0.2) is 4.79 Å². The Kier molecular flexibility index (Phi) is 6.49. The Morgan fingerprint density at radius 2 is 1.48 bits per heavy atom. The van der Waals surface area contributed by atoms with E-state index < -0.39 is 18.5 Å². The molecule has 0 atom stereocenters. The highest BCUT2D eigenvalue weighted by Gasteiger charge is 2.20. The molecule has 0 aliphatic carbocycles. The molecule has 0 aliphatic rings. The summed E-state index contributed by atoms with van der Waals surface area (Å²) in [6.07, 6.45) is 0. The fourth-order valence-corrected chi connectivity index (χ4v) is 3.58. The number of esters is 1. The normalized spacial score (nSPS) is 11.2. The van der Waals surface area contributed by atoms with Gasteiger partial charge in [-0.15, -0.1) is 0 Å². The number of ether oxygens (including phenoxy) is 1. The molecule has 0 aromatic heterocycles. The number of rotatable bonds is 6. The minimum Gasteiger partial charge on any atom is -0.507 e. The summed E-state index contributed by atoms with van der Waals surface area (Å²) in [5.41, 5.74) is 2.54. The van der Waals surface area contributed by atoms with Crippen molar-refractivity contribution in [2.45, 2.75) is 39.5 Å². The molecular weight excluding hydrogens is 394 g/mol. The molecule has 0 unspecified atom stereocenters. The number of phenolic OH excluding ortho intramolecular Hbond substituents is 2. The largest absolute Gasteiger partial charge is 0.507 e. The van der Waals surface area contributed by atoms with E-state index in [1.54, 1.807) is 24.3 Å². The van der Waals surface area contributed by atoms with E-state index in [9.17, 15) is 19.8 Å². The monoisotopic (exact) mass is 421 g/mol. The fourth-order valence-electron chi connectivity index (χ4n) is 3.58. The average Bonchev–Trinajstić information content (AvgIpc) is 2.74. The summed E-state index contributed by atoms with van der Waals surface area (Å²) in [6.45, 7) is 7.66. The summed E-state index contributed by atoms with van der Waals surface area (Å²) in [5.74, 6) is -1.42. The molecule has 3 aromatic carbocycles. The van der Waals surface area contributed by atoms with Crippen LogP contribution in [-0.2, 0) is 9.53 Å². The highest BCUT2D eigenvalue weighted by atomic mass is 16.5. The molecule has 0 saturated carbocycles. The standard InChI is InChI=1S/C25H27NO5/c1-14(2)16-10-7-11-17(15(3)4)23(16)26-22(28)13-31-25(30)20-12-21(27)18-8-5-6-9-19(18)24(20)29/h5-12,14-15,27,29H,13H2,1-4H3,(H,26,28). The average molecular weight is 421 g/mol. The molecule has 3 aromatic rings. The van der Waals surface area contributed by atoms with Crippen LogP contribution in [0.15, 0.2) is 48.5 Å². The molecule has 0 radical (unpaired) electrons. The van der Waals surface area contributed by atoms with Gasteiger partial charge in [0.15, 0.2) is 6.61 Å². The van der Waals surface area contributed by atoms with E-state index >= 15 is 0 Å². The van der Waals surface area contributed by atoms with Gasteiger partial charge in [-0.3, -0.25) is 4.79 Å². The number of amides is 1. The van der Waals surface area contributed by atoms with Gasteiger partial charge in [0.25, 0.3) is 5.91 Å². The molecule has 0 aliphatic heterocycles. The predicted octanol–water partition coefficient (Wildman–Crippen LogP) is 5.29. The van der Waals surface area contributed by atoms with Crippen molar-refractivity contribution in [1.29, 1.82) is 0 Å². The lowest BCUT2D eigenvalue weighted by atomic mass is 9.92. The van der Waals surface area contributed by atoms with Crippen LogP contribution in [0.1, 0.15) is 61.0 Å². The topological polar surface area (TPSA) is 95.9 Å². The number of phenols is 2. The van der Waals surface area contributed by atoms with Gasteiger partial charge in [-0.05, 0) is 29.0 Å². The lowest BCUT2D eigenvalue weighted by molar-refractivity contribution is -0.119. The first-order valence-corrected chi connectivity index (χ1v) is 10.2. The molecule has 1 amide bonds. The Balaban J connectivity index is 1.78. The molecule has 162 valence electrons. The Hall–Kier alpha value is -3.54. The van der Waals surface area contributed by atoms with Gasteiger partial charge in [0.1, 0.15) is 17.1 Å². The summed E-state index contributed by atoms with van der Waals surface area (Å²) < 4.78 is 5.13. The maximum atomic E-state index is 12.6. The molecular formula is C25H27NO5. The third-order valence-corrected chi connectivity index (χ3v) is 5.19. The lowest BCUT2D eigenvalue weighted by Gasteiger charge is -2.20. The molecule has 0 spiro atoms. The van der Waals surface area contributed by atoms with Crippen LogP contribution in [0.2, 0.25) is 0 Å². The van der Waals surface area contributed by atoms with Crippen molar-refractivity contribution >= 4 is 28.3 Å². The van der Waals surface area contributed by atoms with E-state index in [1.807, 2.05) is 45.9 Å². The number of anilines is 1. The molecule has 3 N–H and O–H groups in total. The van der Waals surface area contributed by atoms with E-state index in [4.69, 9.17) is 4.74 Å². The zero-order valence-corrected chi connectivity index (χ0v) is 18.1. The van der Waals surface area contributed by atoms with Crippen LogP contribution in [0.5, 0.6) is 11.5 Å². The van der Waals surface area contributed by atoms with E-state index in [0.717, 1.165) is 22.9 Å². The molecule has 3 rings (SSSR count). The molecule has 0 bridgehead atoms. The van der Waals surface area contributed by atoms with Crippen LogP contribution in [-0.4, -0.2) is 28.7 Å². The molecule has 6 nitrogen and oxygen atoms in total. The second-order valence-electron chi connectivity index (χ2n) is 8.08. The number of hydrogen-bond acceptors (Lipinski definition) is 5. The van der Waals surface area contributed by atoms with Crippen LogP contribution < -0.4 is 5.32 Å². The Labute approximate surface area is 181 Å². The Morgan fingerprint density at radius 1 is 0.903 bits per heavy atom. The Morgan fingerprint density at radius 3 is 2.06 bits per heavy atom. The maximum absolute atomic E-state index is 12.6. The van der Waals surface area contributed by atoms with Gasteiger partial charge in [-0.2, -0.15) is 0 Å².